The van der Waals surface area contributed by atoms with E-state index in [9.17, 15) is 14.0 Å². The first kappa shape index (κ1) is 19.2. The second kappa shape index (κ2) is 7.70. The lowest BCUT2D eigenvalue weighted by atomic mass is 10.2. The van der Waals surface area contributed by atoms with Gasteiger partial charge in [0.05, 0.1) is 49.9 Å². The molecule has 2 aliphatic heterocycles. The van der Waals surface area contributed by atoms with Crippen molar-refractivity contribution < 1.29 is 23.8 Å². The van der Waals surface area contributed by atoms with Gasteiger partial charge < -0.3 is 20.1 Å². The van der Waals surface area contributed by atoms with Gasteiger partial charge in [-0.05, 0) is 18.2 Å². The number of aromatic nitrogens is 2. The first-order valence-corrected chi connectivity index (χ1v) is 9.37. The summed E-state index contributed by atoms with van der Waals surface area (Å²) < 4.78 is 21.7. The highest BCUT2D eigenvalue weighted by Crippen LogP contribution is 2.32. The number of nitrogens with one attached hydrogen (secondary N) is 1. The molecule has 1 fully saturated rings. The van der Waals surface area contributed by atoms with E-state index < -0.39 is 18.0 Å². The Hall–Kier alpha value is -3.14. The van der Waals surface area contributed by atoms with Crippen LogP contribution < -0.4 is 15.1 Å². The normalized spacial score (nSPS) is 18.2. The number of benzene rings is 1. The molecule has 3 heterocycles. The SMILES string of the molecule is CC(=O)NCC1CN(c2ccc(N3Cc4cn(CCO)nc4C3)c(F)c2)C(=O)O1. The third-order valence-corrected chi connectivity index (χ3v) is 4.99. The zero-order valence-corrected chi connectivity index (χ0v) is 16.0. The van der Waals surface area contributed by atoms with Gasteiger partial charge in [-0.3, -0.25) is 14.4 Å². The molecule has 1 aromatic carbocycles. The van der Waals surface area contributed by atoms with Crippen molar-refractivity contribution in [1.29, 1.82) is 0 Å². The number of carbonyl (C=O) groups is 2. The molecule has 0 aliphatic carbocycles. The lowest BCUT2D eigenvalue weighted by molar-refractivity contribution is -0.119. The number of hydrogen-bond acceptors (Lipinski definition) is 6. The van der Waals surface area contributed by atoms with E-state index in [1.54, 1.807) is 16.8 Å². The highest BCUT2D eigenvalue weighted by Gasteiger charge is 2.33. The molecular formula is C19H22FN5O4. The fourth-order valence-electron chi connectivity index (χ4n) is 3.61. The fourth-order valence-corrected chi connectivity index (χ4v) is 3.61. The van der Waals surface area contributed by atoms with Gasteiger partial charge in [-0.1, -0.05) is 0 Å². The predicted molar refractivity (Wildman–Crippen MR) is 102 cm³/mol. The molecule has 1 aromatic heterocycles. The van der Waals surface area contributed by atoms with Crippen molar-refractivity contribution in [2.24, 2.45) is 0 Å². The van der Waals surface area contributed by atoms with Crippen molar-refractivity contribution in [2.75, 3.05) is 29.5 Å². The van der Waals surface area contributed by atoms with Gasteiger partial charge in [0.15, 0.2) is 0 Å². The van der Waals surface area contributed by atoms with Gasteiger partial charge in [0.25, 0.3) is 0 Å². The Labute approximate surface area is 166 Å². The number of hydrogen-bond donors (Lipinski definition) is 2. The molecule has 2 aromatic rings. The van der Waals surface area contributed by atoms with Crippen LogP contribution in [0.3, 0.4) is 0 Å². The van der Waals surface area contributed by atoms with Crippen molar-refractivity contribution in [2.45, 2.75) is 32.7 Å². The second-order valence-corrected chi connectivity index (χ2v) is 7.13. The van der Waals surface area contributed by atoms with Crippen LogP contribution in [0.2, 0.25) is 0 Å². The lowest BCUT2D eigenvalue weighted by Crippen LogP contribution is -2.33. The van der Waals surface area contributed by atoms with Gasteiger partial charge in [0, 0.05) is 25.2 Å². The Balaban J connectivity index is 1.44. The van der Waals surface area contributed by atoms with Crippen LogP contribution in [-0.4, -0.2) is 52.7 Å². The van der Waals surface area contributed by atoms with E-state index in [4.69, 9.17) is 9.84 Å². The molecule has 29 heavy (non-hydrogen) atoms. The first-order valence-electron chi connectivity index (χ1n) is 9.37. The Kier molecular flexibility index (Phi) is 5.10. The molecule has 1 atom stereocenters. The molecule has 2 amide bonds. The van der Waals surface area contributed by atoms with Gasteiger partial charge >= 0.3 is 6.09 Å². The van der Waals surface area contributed by atoms with Crippen molar-refractivity contribution in [1.82, 2.24) is 15.1 Å². The van der Waals surface area contributed by atoms with E-state index >= 15 is 0 Å². The molecule has 2 N–H and O–H groups in total. The summed E-state index contributed by atoms with van der Waals surface area (Å²) in [4.78, 5) is 26.4. The van der Waals surface area contributed by atoms with Gasteiger partial charge in [0.2, 0.25) is 5.91 Å². The van der Waals surface area contributed by atoms with Gasteiger partial charge in [-0.25, -0.2) is 9.18 Å². The van der Waals surface area contributed by atoms with Crippen molar-refractivity contribution in [3.8, 4) is 0 Å². The highest BCUT2D eigenvalue weighted by molar-refractivity contribution is 5.90. The molecule has 0 bridgehead atoms. The average Bonchev–Trinajstić information content (AvgIpc) is 3.33. The molecule has 0 saturated carbocycles. The Morgan fingerprint density at radius 3 is 2.93 bits per heavy atom. The van der Waals surface area contributed by atoms with Crippen molar-refractivity contribution in [3.63, 3.8) is 0 Å². The molecule has 4 rings (SSSR count). The van der Waals surface area contributed by atoms with Crippen LogP contribution >= 0.6 is 0 Å². The number of halogens is 1. The highest BCUT2D eigenvalue weighted by atomic mass is 19.1. The summed E-state index contributed by atoms with van der Waals surface area (Å²) in [6, 6.07) is 4.65. The first-order chi connectivity index (χ1) is 13.9. The monoisotopic (exact) mass is 403 g/mol. The van der Waals surface area contributed by atoms with Crippen LogP contribution in [0.25, 0.3) is 0 Å². The maximum absolute atomic E-state index is 14.8. The maximum atomic E-state index is 14.8. The van der Waals surface area contributed by atoms with Crippen LogP contribution in [0.4, 0.5) is 20.6 Å². The number of aliphatic hydroxyl groups is 1. The van der Waals surface area contributed by atoms with Gasteiger partial charge in [-0.15, -0.1) is 0 Å². The summed E-state index contributed by atoms with van der Waals surface area (Å²) in [5.41, 5.74) is 2.71. The number of cyclic esters (lactones) is 1. The Morgan fingerprint density at radius 1 is 1.41 bits per heavy atom. The largest absolute Gasteiger partial charge is 0.442 e. The number of carbonyl (C=O) groups excluding carboxylic acids is 2. The zero-order chi connectivity index (χ0) is 20.5. The number of ether oxygens (including phenoxy) is 1. The number of fused-ring (bicyclic) bond motifs is 1. The minimum absolute atomic E-state index is 0.0188. The number of rotatable bonds is 6. The van der Waals surface area contributed by atoms with E-state index in [1.807, 2.05) is 11.1 Å². The van der Waals surface area contributed by atoms with E-state index in [1.165, 1.54) is 17.9 Å². The predicted octanol–water partition coefficient (Wildman–Crippen LogP) is 0.996. The number of anilines is 2. The van der Waals surface area contributed by atoms with Crippen LogP contribution in [0.5, 0.6) is 0 Å². The smallest absolute Gasteiger partial charge is 0.414 e. The molecule has 10 heteroatoms. The molecule has 1 saturated heterocycles. The second-order valence-electron chi connectivity index (χ2n) is 7.13. The molecular weight excluding hydrogens is 381 g/mol. The molecule has 2 aliphatic rings. The van der Waals surface area contributed by atoms with Crippen LogP contribution in [0.1, 0.15) is 18.2 Å². The van der Waals surface area contributed by atoms with Crippen LogP contribution in [-0.2, 0) is 29.2 Å². The summed E-state index contributed by atoms with van der Waals surface area (Å²) in [6.45, 7) is 3.31. The van der Waals surface area contributed by atoms with Crippen molar-refractivity contribution >= 4 is 23.4 Å². The van der Waals surface area contributed by atoms with Gasteiger partial charge in [-0.2, -0.15) is 5.10 Å². The van der Waals surface area contributed by atoms with Crippen LogP contribution in [0.15, 0.2) is 24.4 Å². The van der Waals surface area contributed by atoms with E-state index in [0.29, 0.717) is 31.0 Å². The third kappa shape index (κ3) is 3.88. The van der Waals surface area contributed by atoms with E-state index in [2.05, 4.69) is 10.4 Å². The zero-order valence-electron chi connectivity index (χ0n) is 16.0. The summed E-state index contributed by atoms with van der Waals surface area (Å²) in [6.07, 6.45) is 0.832. The van der Waals surface area contributed by atoms with E-state index in [0.717, 1.165) is 11.3 Å². The standard InChI is InChI=1S/C19H22FN5O4/c1-12(27)21-7-15-10-25(19(28)29-15)14-2-3-18(16(20)6-14)23-8-13-9-24(4-5-26)22-17(13)11-23/h2-3,6,9,15,26H,4-5,7-8,10-11H2,1H3,(H,21,27). The van der Waals surface area contributed by atoms with Crippen molar-refractivity contribution in [3.05, 3.63) is 41.5 Å². The summed E-state index contributed by atoms with van der Waals surface area (Å²) in [7, 11) is 0. The summed E-state index contributed by atoms with van der Waals surface area (Å²) >= 11 is 0. The third-order valence-electron chi connectivity index (χ3n) is 4.99. The number of aliphatic hydroxyl groups excluding tert-OH is 1. The number of nitrogens with zero attached hydrogens (tertiary/aromatic N) is 4. The topological polar surface area (TPSA) is 99.9 Å². The average molecular weight is 403 g/mol. The van der Waals surface area contributed by atoms with Crippen LogP contribution in [0, 0.1) is 5.82 Å². The summed E-state index contributed by atoms with van der Waals surface area (Å²) in [5.74, 6) is -0.640. The molecule has 154 valence electrons. The molecule has 0 spiro atoms. The van der Waals surface area contributed by atoms with E-state index in [-0.39, 0.29) is 25.6 Å². The Bertz CT molecular complexity index is 923. The molecule has 1 unspecified atom stereocenters. The summed E-state index contributed by atoms with van der Waals surface area (Å²) in [5, 5.41) is 16.0. The molecule has 0 radical (unpaired) electrons. The number of amides is 2. The lowest BCUT2D eigenvalue weighted by Gasteiger charge is -2.21. The minimum atomic E-state index is -0.563. The molecule has 9 nitrogen and oxygen atoms in total. The fraction of sp³-hybridized carbons (Fsp3) is 0.421. The minimum Gasteiger partial charge on any atom is -0.442 e. The maximum Gasteiger partial charge on any atom is 0.414 e. The Morgan fingerprint density at radius 2 is 2.24 bits per heavy atom. The van der Waals surface area contributed by atoms with Gasteiger partial charge in [0.1, 0.15) is 11.9 Å². The quantitative estimate of drug-likeness (QED) is 0.746.